The number of hydrogen-bond acceptors (Lipinski definition) is 2. The van der Waals surface area contributed by atoms with Crippen LogP contribution in [0.1, 0.15) is 182 Å². The minimum atomic E-state index is -4.52. The fourth-order valence-electron chi connectivity index (χ4n) is 13.1. The Morgan fingerprint density at radius 2 is 1.20 bits per heavy atom. The molecule has 0 amide bonds. The highest BCUT2D eigenvalue weighted by Crippen LogP contribution is 2.54. The van der Waals surface area contributed by atoms with Gasteiger partial charge in [-0.25, -0.2) is 4.98 Å². The zero-order valence-corrected chi connectivity index (χ0v) is 48.5. The van der Waals surface area contributed by atoms with Crippen molar-refractivity contribution in [1.29, 1.82) is 0 Å². The van der Waals surface area contributed by atoms with Gasteiger partial charge in [-0.1, -0.05) is 194 Å². The van der Waals surface area contributed by atoms with E-state index < -0.39 is 91.2 Å². The summed E-state index contributed by atoms with van der Waals surface area (Å²) in [5.74, 6) is 1.60. The molecule has 0 bridgehead atoms. The van der Waals surface area contributed by atoms with Crippen molar-refractivity contribution in [2.24, 2.45) is 0 Å². The minimum absolute atomic E-state index is 0.151. The molecule has 1 aliphatic heterocycles. The molecule has 0 saturated heterocycles. The van der Waals surface area contributed by atoms with Gasteiger partial charge in [0.05, 0.1) is 37.6 Å². The summed E-state index contributed by atoms with van der Waals surface area (Å²) in [4.78, 5) is 4.89. The van der Waals surface area contributed by atoms with Crippen LogP contribution in [0.15, 0.2) is 170 Å². The molecule has 0 N–H and O–H groups in total. The van der Waals surface area contributed by atoms with Crippen LogP contribution < -0.4 is 9.30 Å². The van der Waals surface area contributed by atoms with Crippen molar-refractivity contribution in [2.45, 2.75) is 155 Å². The Morgan fingerprint density at radius 1 is 0.554 bits per heavy atom. The second kappa shape index (κ2) is 18.2. The quantitative estimate of drug-likeness (QED) is 0.127. The molecule has 0 radical (unpaired) electrons. The first-order valence-electron chi connectivity index (χ1n) is 38.1. The van der Waals surface area contributed by atoms with Gasteiger partial charge in [-0.15, -0.1) is 0 Å². The number of nitrogens with zero attached hydrogens (tertiary/aromatic N) is 4. The fraction of sp³-hybridized carbons (Fsp3) is 0.308. The number of pyridine rings is 1. The molecule has 4 heterocycles. The van der Waals surface area contributed by atoms with Gasteiger partial charge in [0.2, 0.25) is 0 Å². The lowest BCUT2D eigenvalue weighted by atomic mass is 9.62. The van der Waals surface area contributed by atoms with Crippen molar-refractivity contribution in [2.75, 3.05) is 0 Å². The predicted molar refractivity (Wildman–Crippen MR) is 346 cm³/mol. The number of hydrogen-bond donors (Lipinski definition) is 0. The highest BCUT2D eigenvalue weighted by molar-refractivity contribution is 6.09. The first kappa shape index (κ1) is 35.9. The highest BCUT2D eigenvalue weighted by atomic mass is 16.5. The van der Waals surface area contributed by atoms with Crippen LogP contribution in [-0.4, -0.2) is 14.1 Å². The molecule has 2 aliphatic carbocycles. The summed E-state index contributed by atoms with van der Waals surface area (Å²) in [6, 6.07) is 43.4. The number of rotatable bonds is 5. The molecule has 83 heavy (non-hydrogen) atoms. The molecule has 0 saturated carbocycles. The van der Waals surface area contributed by atoms with Crippen LogP contribution in [0.5, 0.6) is 11.5 Å². The van der Waals surface area contributed by atoms with E-state index in [0.29, 0.717) is 39.3 Å². The molecule has 0 spiro atoms. The van der Waals surface area contributed by atoms with E-state index in [2.05, 4.69) is 129 Å². The molecular formula is C78H78N4O. The van der Waals surface area contributed by atoms with Crippen LogP contribution in [0.3, 0.4) is 0 Å². The van der Waals surface area contributed by atoms with Crippen LogP contribution in [0.2, 0.25) is 0 Å². The van der Waals surface area contributed by atoms with Crippen LogP contribution in [0.25, 0.3) is 94.5 Å². The molecule has 3 aliphatic rings. The summed E-state index contributed by atoms with van der Waals surface area (Å²) in [5, 5.41) is 1.99. The van der Waals surface area contributed by atoms with Gasteiger partial charge in [-0.05, 0) is 197 Å². The zero-order chi connectivity index (χ0) is 74.1. The van der Waals surface area contributed by atoms with Crippen molar-refractivity contribution in [3.63, 3.8) is 0 Å². The van der Waals surface area contributed by atoms with Crippen molar-refractivity contribution in [3.05, 3.63) is 210 Å². The Balaban J connectivity index is 1.12. The normalized spacial score (nSPS) is 21.7. The molecule has 14 rings (SSSR count). The second-order valence-electron chi connectivity index (χ2n) is 26.4. The van der Waals surface area contributed by atoms with Gasteiger partial charge < -0.3 is 4.74 Å². The maximum absolute atomic E-state index is 10.5. The molecule has 0 fully saturated rings. The predicted octanol–water partition coefficient (Wildman–Crippen LogP) is 20.3. The smallest absolute Gasteiger partial charge is 0.269 e. The van der Waals surface area contributed by atoms with E-state index in [0.717, 1.165) is 85.1 Å². The molecular weight excluding hydrogens is 1010 g/mol. The molecule has 11 aromatic rings. The third-order valence-corrected chi connectivity index (χ3v) is 17.7. The van der Waals surface area contributed by atoms with Gasteiger partial charge in [-0.2, -0.15) is 0 Å². The first-order valence-corrected chi connectivity index (χ1v) is 28.6. The molecule has 8 aromatic carbocycles. The summed E-state index contributed by atoms with van der Waals surface area (Å²) >= 11 is 0. The number of fused-ring (bicyclic) bond motifs is 12. The summed E-state index contributed by atoms with van der Waals surface area (Å²) < 4.78 is 191. The van der Waals surface area contributed by atoms with E-state index in [-0.39, 0.29) is 21.8 Å². The van der Waals surface area contributed by atoms with Gasteiger partial charge in [0.1, 0.15) is 17.3 Å². The molecule has 5 heteroatoms. The first-order chi connectivity index (χ1) is 47.2. The number of para-hydroxylation sites is 2. The van der Waals surface area contributed by atoms with Gasteiger partial charge in [-0.3, -0.25) is 13.7 Å². The zero-order valence-electron chi connectivity index (χ0n) is 67.5. The van der Waals surface area contributed by atoms with Gasteiger partial charge >= 0.3 is 0 Å². The lowest BCUT2D eigenvalue weighted by Crippen LogP contribution is -2.35. The van der Waals surface area contributed by atoms with Gasteiger partial charge in [0.15, 0.2) is 0 Å². The van der Waals surface area contributed by atoms with E-state index in [9.17, 15) is 9.60 Å². The molecule has 0 unspecified atom stereocenters. The summed E-state index contributed by atoms with van der Waals surface area (Å²) in [6.07, 6.45) is -1.58. The van der Waals surface area contributed by atoms with E-state index in [1.165, 1.54) is 5.56 Å². The fourth-order valence-corrected chi connectivity index (χ4v) is 13.1. The molecule has 3 aromatic heterocycles. The Bertz CT molecular complexity index is 5330. The highest BCUT2D eigenvalue weighted by Gasteiger charge is 2.40. The van der Waals surface area contributed by atoms with E-state index in [4.69, 9.17) is 26.2 Å². The van der Waals surface area contributed by atoms with E-state index >= 15 is 0 Å². The number of imidazole rings is 1. The monoisotopic (exact) mass is 1110 g/mol. The Morgan fingerprint density at radius 3 is 1.93 bits per heavy atom. The Kier molecular flexibility index (Phi) is 7.88. The maximum atomic E-state index is 10.5. The van der Waals surface area contributed by atoms with Crippen molar-refractivity contribution < 1.29 is 35.3 Å². The molecule has 5 nitrogen and oxygen atoms in total. The molecule has 0 atom stereocenters. The Hall–Kier alpha value is -8.02. The standard InChI is InChI=1S/C78H78N4O/c1-73(2,3)50-33-38-79-70(42-50)82-67-28-18-17-25-56(67)57-31-30-53(44-68(57)82)83-52-22-19-21-51(43-52)80-47-81-71-58(26-20-27-63(71)74(4,5)6)60-46-66-65(77(11,12)36-37-78(66,13)14)45-59(60)54-23-15-16-24-55(54)61-39-49(41-69(80)72(61)81)48-29-32-62-64(40-48)76(9,10)35-34-75(62,7)8/h15-33,38-46H,34-37H2,1-14H3/i7D3,8D3,9D3,10D3,29D,32D,34D2,35D2,40D. The summed E-state index contributed by atoms with van der Waals surface area (Å²) in [7, 11) is 0. The summed E-state index contributed by atoms with van der Waals surface area (Å²) in [6.45, 7) is 4.92. The summed E-state index contributed by atoms with van der Waals surface area (Å²) in [5.41, 5.74) is -1.21. The SMILES string of the molecule is [2H]c1c([2H])c2c(c([2H])c1-c1cc3c4c(c1)n(-c1cccc(Oc5ccc6c7ccccc7n(-c7cc(C(C)(C)C)ccn7)c6c5)c1)[c-][n+]4-c1c(cccc1C(C)(C)C)-c1cc4c(cc1-c1ccccc1-3)C(C)(C)CCC4(C)C)C(C([2H])([2H])[2H])(C([2H])([2H])[2H])C([2H])([2H])C([2H])([2H])C2(C([2H])([2H])[2H])C([2H])([2H])[2H]. The van der Waals surface area contributed by atoms with E-state index in [1.807, 2.05) is 89.6 Å². The largest absolute Gasteiger partial charge is 0.458 e. The number of aromatic nitrogens is 4. The lowest BCUT2D eigenvalue weighted by molar-refractivity contribution is -0.572. The van der Waals surface area contributed by atoms with Crippen LogP contribution in [0, 0.1) is 6.33 Å². The van der Waals surface area contributed by atoms with Crippen molar-refractivity contribution in [1.82, 2.24) is 14.1 Å². The number of benzene rings is 8. The number of ether oxygens (including phenoxy) is 1. The third kappa shape index (κ3) is 8.53. The van der Waals surface area contributed by atoms with Crippen LogP contribution in [0.4, 0.5) is 0 Å². The minimum Gasteiger partial charge on any atom is -0.458 e. The van der Waals surface area contributed by atoms with Gasteiger partial charge in [0.25, 0.3) is 6.33 Å². The van der Waals surface area contributed by atoms with Crippen molar-refractivity contribution >= 4 is 32.8 Å². The topological polar surface area (TPSA) is 35.9 Å². The van der Waals surface area contributed by atoms with Gasteiger partial charge in [0, 0.05) is 45.0 Å². The lowest BCUT2D eigenvalue weighted by Gasteiger charge is -2.42. The third-order valence-electron chi connectivity index (χ3n) is 17.7. The Labute approximate surface area is 518 Å². The maximum Gasteiger partial charge on any atom is 0.269 e. The van der Waals surface area contributed by atoms with E-state index in [1.54, 1.807) is 22.8 Å². The van der Waals surface area contributed by atoms with Crippen LogP contribution in [-0.2, 0) is 32.5 Å². The average molecular weight is 1110 g/mol. The van der Waals surface area contributed by atoms with Crippen LogP contribution >= 0.6 is 0 Å². The van der Waals surface area contributed by atoms with Crippen molar-refractivity contribution in [3.8, 4) is 73.2 Å². The molecule has 416 valence electrons. The second-order valence-corrected chi connectivity index (χ2v) is 26.4. The average Bonchev–Trinajstić information content (AvgIpc) is 0.720.